The lowest BCUT2D eigenvalue weighted by Gasteiger charge is -2.18. The smallest absolute Gasteiger partial charge is 0.173 e. The van der Waals surface area contributed by atoms with Crippen molar-refractivity contribution in [2.24, 2.45) is 5.92 Å². The summed E-state index contributed by atoms with van der Waals surface area (Å²) < 4.78 is 0. The van der Waals surface area contributed by atoms with Crippen LogP contribution in [-0.2, 0) is 0 Å². The van der Waals surface area contributed by atoms with Gasteiger partial charge in [-0.2, -0.15) is 10.5 Å². The Morgan fingerprint density at radius 1 is 1.19 bits per heavy atom. The van der Waals surface area contributed by atoms with Gasteiger partial charge in [0, 0.05) is 17.4 Å². The number of hydrogen-bond donors (Lipinski definition) is 0. The highest BCUT2D eigenvalue weighted by Gasteiger charge is 2.28. The number of thiophene rings is 1. The molecule has 2 rings (SSSR count). The number of carbonyl (C=O) groups is 1. The monoisotopic (exact) mass is 314 g/mol. The lowest BCUT2D eigenvalue weighted by Crippen LogP contribution is -2.15. The lowest BCUT2D eigenvalue weighted by atomic mass is 9.83. The maximum Gasteiger partial charge on any atom is 0.173 e. The summed E-state index contributed by atoms with van der Waals surface area (Å²) in [4.78, 5) is 12.9. The van der Waals surface area contributed by atoms with Gasteiger partial charge in [-0.1, -0.05) is 35.9 Å². The Bertz CT molecular complexity index is 699. The van der Waals surface area contributed by atoms with Gasteiger partial charge in [0.25, 0.3) is 0 Å². The number of carbonyl (C=O) groups excluding carboxylic acids is 1. The van der Waals surface area contributed by atoms with E-state index in [-0.39, 0.29) is 12.2 Å². The van der Waals surface area contributed by atoms with Crippen LogP contribution in [0.1, 0.15) is 27.6 Å². The van der Waals surface area contributed by atoms with Crippen molar-refractivity contribution in [3.05, 3.63) is 57.2 Å². The highest BCUT2D eigenvalue weighted by atomic mass is 35.5. The molecule has 0 spiro atoms. The largest absolute Gasteiger partial charge is 0.293 e. The minimum absolute atomic E-state index is 0.0783. The van der Waals surface area contributed by atoms with Gasteiger partial charge in [0.1, 0.15) is 5.92 Å². The van der Waals surface area contributed by atoms with Crippen molar-refractivity contribution < 1.29 is 4.79 Å². The van der Waals surface area contributed by atoms with Crippen molar-refractivity contribution in [1.82, 2.24) is 0 Å². The van der Waals surface area contributed by atoms with Crippen molar-refractivity contribution in [3.63, 3.8) is 0 Å². The second-order valence-electron chi connectivity index (χ2n) is 4.47. The Labute approximate surface area is 132 Å². The summed E-state index contributed by atoms with van der Waals surface area (Å²) in [5.41, 5.74) is 0.664. The van der Waals surface area contributed by atoms with Gasteiger partial charge in [-0.25, -0.2) is 0 Å². The van der Waals surface area contributed by atoms with Crippen molar-refractivity contribution >= 4 is 28.7 Å². The minimum Gasteiger partial charge on any atom is -0.293 e. The molecule has 0 unspecified atom stereocenters. The molecule has 0 radical (unpaired) electrons. The fraction of sp³-hybridized carbons (Fsp3) is 0.188. The molecule has 0 amide bonds. The third-order valence-electron chi connectivity index (χ3n) is 3.19. The van der Waals surface area contributed by atoms with E-state index in [2.05, 4.69) is 0 Å². The highest BCUT2D eigenvalue weighted by Crippen LogP contribution is 2.34. The van der Waals surface area contributed by atoms with Crippen LogP contribution in [0.4, 0.5) is 0 Å². The summed E-state index contributed by atoms with van der Waals surface area (Å²) in [5.74, 6) is -1.51. The van der Waals surface area contributed by atoms with Crippen LogP contribution in [-0.4, -0.2) is 5.78 Å². The van der Waals surface area contributed by atoms with E-state index in [9.17, 15) is 4.79 Å². The van der Waals surface area contributed by atoms with E-state index in [1.165, 1.54) is 11.3 Å². The SMILES string of the molecule is N#CC(C#N)[C@H](CC(=O)c1cccs1)c1ccccc1Cl. The van der Waals surface area contributed by atoms with Crippen LogP contribution in [0, 0.1) is 28.6 Å². The van der Waals surface area contributed by atoms with Crippen LogP contribution >= 0.6 is 22.9 Å². The van der Waals surface area contributed by atoms with Crippen LogP contribution in [0.3, 0.4) is 0 Å². The van der Waals surface area contributed by atoms with E-state index in [0.29, 0.717) is 15.5 Å². The maximum absolute atomic E-state index is 12.3. The summed E-state index contributed by atoms with van der Waals surface area (Å²) in [6, 6.07) is 14.5. The van der Waals surface area contributed by atoms with E-state index in [4.69, 9.17) is 22.1 Å². The van der Waals surface area contributed by atoms with Crippen LogP contribution in [0.5, 0.6) is 0 Å². The fourth-order valence-corrected chi connectivity index (χ4v) is 3.08. The number of rotatable bonds is 5. The molecule has 0 fully saturated rings. The first-order chi connectivity index (χ1) is 10.2. The zero-order valence-electron chi connectivity index (χ0n) is 11.0. The highest BCUT2D eigenvalue weighted by molar-refractivity contribution is 7.12. The number of nitriles is 2. The number of Topliss-reactive ketones (excluding diaryl/α,β-unsaturated/α-hetero) is 1. The van der Waals surface area contributed by atoms with Crippen molar-refractivity contribution in [2.45, 2.75) is 12.3 Å². The molecule has 2 aromatic rings. The zero-order valence-corrected chi connectivity index (χ0v) is 12.6. The van der Waals surface area contributed by atoms with E-state index in [1.807, 2.05) is 17.5 Å². The molecular weight excluding hydrogens is 304 g/mol. The van der Waals surface area contributed by atoms with Crippen molar-refractivity contribution in [1.29, 1.82) is 10.5 Å². The normalized spacial score (nSPS) is 11.6. The van der Waals surface area contributed by atoms with Gasteiger partial charge in [-0.05, 0) is 23.1 Å². The molecule has 1 aromatic carbocycles. The molecule has 104 valence electrons. The summed E-state index contributed by atoms with van der Waals surface area (Å²) in [6.45, 7) is 0. The van der Waals surface area contributed by atoms with Crippen molar-refractivity contribution in [3.8, 4) is 12.1 Å². The van der Waals surface area contributed by atoms with Gasteiger partial charge >= 0.3 is 0 Å². The quantitative estimate of drug-likeness (QED) is 0.767. The van der Waals surface area contributed by atoms with Gasteiger partial charge in [0.2, 0.25) is 0 Å². The molecule has 0 aliphatic rings. The summed E-state index contributed by atoms with van der Waals surface area (Å²) in [5, 5.41) is 20.6. The molecular formula is C16H11ClN2OS. The molecule has 3 nitrogen and oxygen atoms in total. The third kappa shape index (κ3) is 3.49. The summed E-state index contributed by atoms with van der Waals surface area (Å²) >= 11 is 7.51. The molecule has 1 atom stereocenters. The van der Waals surface area contributed by atoms with Crippen molar-refractivity contribution in [2.75, 3.05) is 0 Å². The predicted molar refractivity (Wildman–Crippen MR) is 82.2 cm³/mol. The minimum atomic E-state index is -0.909. The molecule has 1 heterocycles. The van der Waals surface area contributed by atoms with E-state index in [0.717, 1.165) is 0 Å². The molecule has 0 aliphatic carbocycles. The second kappa shape index (κ2) is 7.04. The molecule has 0 saturated heterocycles. The number of ketones is 1. The Morgan fingerprint density at radius 3 is 2.48 bits per heavy atom. The van der Waals surface area contributed by atoms with Gasteiger partial charge in [0.15, 0.2) is 5.78 Å². The summed E-state index contributed by atoms with van der Waals surface area (Å²) in [6.07, 6.45) is 0.0933. The summed E-state index contributed by atoms with van der Waals surface area (Å²) in [7, 11) is 0. The third-order valence-corrected chi connectivity index (χ3v) is 4.44. The lowest BCUT2D eigenvalue weighted by molar-refractivity contribution is 0.0975. The van der Waals surface area contributed by atoms with E-state index >= 15 is 0 Å². The molecule has 0 aliphatic heterocycles. The Morgan fingerprint density at radius 2 is 1.90 bits per heavy atom. The topological polar surface area (TPSA) is 64.7 Å². The molecule has 21 heavy (non-hydrogen) atoms. The van der Waals surface area contributed by atoms with Crippen LogP contribution in [0.15, 0.2) is 41.8 Å². The van der Waals surface area contributed by atoms with E-state index in [1.54, 1.807) is 36.4 Å². The number of benzene rings is 1. The predicted octanol–water partition coefficient (Wildman–Crippen LogP) is 4.42. The Balaban J connectivity index is 2.34. The standard InChI is InChI=1S/C16H11ClN2OS/c17-14-5-2-1-4-12(14)13(11(9-18)10-19)8-15(20)16-6-3-7-21-16/h1-7,11,13H,8H2/t13-/m0/s1. The fourth-order valence-electron chi connectivity index (χ4n) is 2.13. The zero-order chi connectivity index (χ0) is 15.2. The first kappa shape index (κ1) is 15.3. The Hall–Kier alpha value is -2.14. The molecule has 0 N–H and O–H groups in total. The first-order valence-electron chi connectivity index (χ1n) is 6.27. The maximum atomic E-state index is 12.3. The van der Waals surface area contributed by atoms with Gasteiger partial charge in [-0.3, -0.25) is 4.79 Å². The van der Waals surface area contributed by atoms with Gasteiger partial charge in [0.05, 0.1) is 17.0 Å². The Kier molecular flexibility index (Phi) is 5.11. The second-order valence-corrected chi connectivity index (χ2v) is 5.82. The van der Waals surface area contributed by atoms with Crippen LogP contribution in [0.25, 0.3) is 0 Å². The van der Waals surface area contributed by atoms with Crippen LogP contribution in [0.2, 0.25) is 5.02 Å². The average Bonchev–Trinajstić information content (AvgIpc) is 3.02. The van der Waals surface area contributed by atoms with E-state index < -0.39 is 11.8 Å². The molecule has 5 heteroatoms. The molecule has 1 aromatic heterocycles. The number of hydrogen-bond acceptors (Lipinski definition) is 4. The molecule has 0 bridgehead atoms. The average molecular weight is 315 g/mol. The number of halogens is 1. The number of nitrogens with zero attached hydrogens (tertiary/aromatic N) is 2. The van der Waals surface area contributed by atoms with Gasteiger partial charge in [-0.15, -0.1) is 11.3 Å². The first-order valence-corrected chi connectivity index (χ1v) is 7.53. The van der Waals surface area contributed by atoms with Crippen LogP contribution < -0.4 is 0 Å². The molecule has 0 saturated carbocycles. The van der Waals surface area contributed by atoms with Gasteiger partial charge < -0.3 is 0 Å².